The Balaban J connectivity index is 1.05. The molecule has 4 heterocycles. The lowest BCUT2D eigenvalue weighted by atomic mass is 9.99. The Morgan fingerprint density at radius 1 is 0.549 bits per heavy atom. The molecule has 10 aromatic rings. The summed E-state index contributed by atoms with van der Waals surface area (Å²) < 4.78 is 15.2. The fourth-order valence-electron chi connectivity index (χ4n) is 7.83. The van der Waals surface area contributed by atoms with Crippen molar-refractivity contribution < 1.29 is 8.83 Å². The van der Waals surface area contributed by atoms with Crippen LogP contribution < -0.4 is 10.6 Å². The van der Waals surface area contributed by atoms with E-state index in [1.807, 2.05) is 47.7 Å². The predicted molar refractivity (Wildman–Crippen MR) is 210 cm³/mol. The molecule has 0 spiro atoms. The number of benzene rings is 7. The summed E-state index contributed by atoms with van der Waals surface area (Å²) in [6, 6.07) is 53.1. The molecule has 6 heteroatoms. The van der Waals surface area contributed by atoms with Crippen molar-refractivity contribution in [3.63, 3.8) is 0 Å². The highest BCUT2D eigenvalue weighted by atomic mass is 32.1. The first-order valence-corrected chi connectivity index (χ1v) is 18.0. The zero-order chi connectivity index (χ0) is 33.5. The molecule has 1 aliphatic rings. The molecule has 0 amide bonds. The number of para-hydroxylation sites is 3. The molecule has 7 aromatic carbocycles. The van der Waals surface area contributed by atoms with E-state index in [1.54, 1.807) is 0 Å². The van der Waals surface area contributed by atoms with E-state index in [0.717, 1.165) is 72.0 Å². The minimum atomic E-state index is -0.279. The molecular weight excluding hydrogens is 647 g/mol. The van der Waals surface area contributed by atoms with Gasteiger partial charge in [-0.2, -0.15) is 0 Å². The average Bonchev–Trinajstić information content (AvgIpc) is 3.89. The molecule has 3 aromatic heterocycles. The summed E-state index contributed by atoms with van der Waals surface area (Å²) >= 11 is 1.83. The van der Waals surface area contributed by atoms with Gasteiger partial charge in [-0.1, -0.05) is 127 Å². The first-order chi connectivity index (χ1) is 25.3. The molecule has 11 rings (SSSR count). The van der Waals surface area contributed by atoms with Crippen LogP contribution in [0.4, 0.5) is 0 Å². The van der Waals surface area contributed by atoms with Crippen molar-refractivity contribution in [1.82, 2.24) is 10.6 Å². The second kappa shape index (κ2) is 11.2. The molecular formula is C45H29N3O2S. The Hall–Kier alpha value is -6.21. The Bertz CT molecular complexity index is 3010. The number of hydrogen-bond donors (Lipinski definition) is 2. The summed E-state index contributed by atoms with van der Waals surface area (Å²) in [5, 5.41) is 14.6. The summed E-state index contributed by atoms with van der Waals surface area (Å²) in [4.78, 5) is 5.27. The molecule has 1 aliphatic heterocycles. The second-order valence-corrected chi connectivity index (χ2v) is 14.2. The standard InChI is InChI=1S/C45H29N3O2S/c1-2-11-26(12-3-1)43-46-44(48-45(47-43)35-19-10-22-38-40(35)34-14-5-7-21-37(34)49-38)27-23-24-29-32-17-9-18-33(42(32)51-39(29)25-27)31-16-8-15-30-28-13-4-6-20-36(28)50-41(30)31/h1-25,44-45,48H,(H,46,47). The molecule has 5 nitrogen and oxygen atoms in total. The number of rotatable bonds is 4. The average molecular weight is 676 g/mol. The SMILES string of the molecule is c1ccc(C2=NC(c3ccc4c(c3)sc3c(-c5cccc6c5oc5ccccc56)cccc34)NC(c3cccc4oc5ccccc5c34)N2)cc1. The van der Waals surface area contributed by atoms with Gasteiger partial charge in [-0.05, 0) is 29.8 Å². The summed E-state index contributed by atoms with van der Waals surface area (Å²) in [6.07, 6.45) is -0.486. The van der Waals surface area contributed by atoms with Gasteiger partial charge in [0, 0.05) is 64.0 Å². The van der Waals surface area contributed by atoms with E-state index in [0.29, 0.717) is 0 Å². The third kappa shape index (κ3) is 4.47. The lowest BCUT2D eigenvalue weighted by Crippen LogP contribution is -2.45. The zero-order valence-corrected chi connectivity index (χ0v) is 28.1. The van der Waals surface area contributed by atoms with Crippen LogP contribution in [-0.2, 0) is 0 Å². The number of fused-ring (bicyclic) bond motifs is 9. The Kier molecular flexibility index (Phi) is 6.26. The van der Waals surface area contributed by atoms with Gasteiger partial charge in [0.1, 0.15) is 40.5 Å². The molecule has 2 atom stereocenters. The van der Waals surface area contributed by atoms with Crippen LogP contribution in [0.1, 0.15) is 29.0 Å². The Labute approximate surface area is 296 Å². The molecule has 2 N–H and O–H groups in total. The number of furan rings is 2. The van der Waals surface area contributed by atoms with Gasteiger partial charge >= 0.3 is 0 Å². The minimum absolute atomic E-state index is 0.207. The van der Waals surface area contributed by atoms with Crippen LogP contribution >= 0.6 is 11.3 Å². The van der Waals surface area contributed by atoms with Gasteiger partial charge in [0.25, 0.3) is 0 Å². The highest BCUT2D eigenvalue weighted by molar-refractivity contribution is 7.26. The summed E-state index contributed by atoms with van der Waals surface area (Å²) in [6.45, 7) is 0. The van der Waals surface area contributed by atoms with E-state index < -0.39 is 0 Å². The molecule has 2 unspecified atom stereocenters. The van der Waals surface area contributed by atoms with E-state index in [-0.39, 0.29) is 12.3 Å². The first-order valence-electron chi connectivity index (χ1n) is 17.2. The van der Waals surface area contributed by atoms with Crippen molar-refractivity contribution in [2.24, 2.45) is 4.99 Å². The number of nitrogens with zero attached hydrogens (tertiary/aromatic N) is 1. The fourth-order valence-corrected chi connectivity index (χ4v) is 9.11. The molecule has 0 bridgehead atoms. The van der Waals surface area contributed by atoms with Crippen LogP contribution in [0.3, 0.4) is 0 Å². The van der Waals surface area contributed by atoms with E-state index in [9.17, 15) is 0 Å². The van der Waals surface area contributed by atoms with Gasteiger partial charge in [-0.15, -0.1) is 11.3 Å². The third-order valence-electron chi connectivity index (χ3n) is 10.2. The molecule has 242 valence electrons. The van der Waals surface area contributed by atoms with Gasteiger partial charge < -0.3 is 14.2 Å². The summed E-state index contributed by atoms with van der Waals surface area (Å²) in [5.41, 5.74) is 9.18. The molecule has 51 heavy (non-hydrogen) atoms. The summed E-state index contributed by atoms with van der Waals surface area (Å²) in [7, 11) is 0. The molecule has 0 radical (unpaired) electrons. The first kappa shape index (κ1) is 28.6. The van der Waals surface area contributed by atoms with Crippen LogP contribution in [0.5, 0.6) is 0 Å². The van der Waals surface area contributed by atoms with E-state index in [2.05, 4.69) is 126 Å². The number of amidine groups is 1. The molecule has 0 saturated carbocycles. The normalized spacial score (nSPS) is 16.4. The van der Waals surface area contributed by atoms with Crippen molar-refractivity contribution in [1.29, 1.82) is 0 Å². The van der Waals surface area contributed by atoms with Crippen LogP contribution in [0.2, 0.25) is 0 Å². The number of nitrogens with one attached hydrogen (secondary N) is 2. The maximum Gasteiger partial charge on any atom is 0.143 e. The van der Waals surface area contributed by atoms with E-state index >= 15 is 0 Å². The quantitative estimate of drug-likeness (QED) is 0.195. The second-order valence-electron chi connectivity index (χ2n) is 13.1. The molecule has 0 saturated heterocycles. The van der Waals surface area contributed by atoms with Gasteiger partial charge in [0.15, 0.2) is 0 Å². The van der Waals surface area contributed by atoms with Crippen molar-refractivity contribution in [3.05, 3.63) is 168 Å². The van der Waals surface area contributed by atoms with E-state index in [4.69, 9.17) is 13.8 Å². The monoisotopic (exact) mass is 675 g/mol. The van der Waals surface area contributed by atoms with Crippen molar-refractivity contribution in [3.8, 4) is 11.1 Å². The van der Waals surface area contributed by atoms with Gasteiger partial charge in [0.05, 0.1) is 0 Å². The number of thiophene rings is 1. The maximum absolute atomic E-state index is 6.47. The lowest BCUT2D eigenvalue weighted by molar-refractivity contribution is 0.411. The van der Waals surface area contributed by atoms with Crippen molar-refractivity contribution in [2.45, 2.75) is 12.3 Å². The Morgan fingerprint density at radius 3 is 2.14 bits per heavy atom. The van der Waals surface area contributed by atoms with Gasteiger partial charge in [0.2, 0.25) is 0 Å². The highest BCUT2D eigenvalue weighted by Gasteiger charge is 2.28. The van der Waals surface area contributed by atoms with E-state index in [1.165, 1.54) is 25.7 Å². The predicted octanol–water partition coefficient (Wildman–Crippen LogP) is 11.9. The van der Waals surface area contributed by atoms with Crippen LogP contribution in [-0.4, -0.2) is 5.84 Å². The maximum atomic E-state index is 6.47. The Morgan fingerprint density at radius 2 is 1.25 bits per heavy atom. The van der Waals surface area contributed by atoms with Gasteiger partial charge in [-0.25, -0.2) is 4.99 Å². The largest absolute Gasteiger partial charge is 0.456 e. The van der Waals surface area contributed by atoms with Crippen LogP contribution in [0.25, 0.3) is 75.2 Å². The summed E-state index contributed by atoms with van der Waals surface area (Å²) in [5.74, 6) is 0.854. The third-order valence-corrected chi connectivity index (χ3v) is 11.4. The van der Waals surface area contributed by atoms with Gasteiger partial charge in [-0.3, -0.25) is 5.32 Å². The molecule has 0 aliphatic carbocycles. The smallest absolute Gasteiger partial charge is 0.143 e. The van der Waals surface area contributed by atoms with Crippen molar-refractivity contribution in [2.75, 3.05) is 0 Å². The minimum Gasteiger partial charge on any atom is -0.456 e. The number of aliphatic imine (C=N–C) groups is 1. The van der Waals surface area contributed by atoms with Crippen LogP contribution in [0.15, 0.2) is 165 Å². The molecule has 0 fully saturated rings. The highest BCUT2D eigenvalue weighted by Crippen LogP contribution is 2.44. The van der Waals surface area contributed by atoms with Crippen molar-refractivity contribution >= 4 is 81.2 Å². The fraction of sp³-hybridized carbons (Fsp3) is 0.0444. The lowest BCUT2D eigenvalue weighted by Gasteiger charge is -2.32. The van der Waals surface area contributed by atoms with Crippen LogP contribution in [0, 0.1) is 0 Å². The number of hydrogen-bond acceptors (Lipinski definition) is 6. The topological polar surface area (TPSA) is 62.7 Å². The zero-order valence-electron chi connectivity index (χ0n) is 27.3.